The first-order valence-corrected chi connectivity index (χ1v) is 10.2. The van der Waals surface area contributed by atoms with Crippen molar-refractivity contribution in [2.24, 2.45) is 5.92 Å². The molecule has 0 heterocycles. The van der Waals surface area contributed by atoms with E-state index in [-0.39, 0.29) is 30.5 Å². The highest BCUT2D eigenvalue weighted by Gasteiger charge is 2.16. The molecule has 0 aromatic heterocycles. The van der Waals surface area contributed by atoms with Crippen molar-refractivity contribution in [2.45, 2.75) is 58.8 Å². The first kappa shape index (κ1) is 33.1. The Kier molecular flexibility index (Phi) is 26.2. The van der Waals surface area contributed by atoms with E-state index in [4.69, 9.17) is 19.7 Å². The summed E-state index contributed by atoms with van der Waals surface area (Å²) in [4.78, 5) is 10.8. The molecule has 1 amide bonds. The van der Waals surface area contributed by atoms with Crippen molar-refractivity contribution in [3.8, 4) is 0 Å². The molecule has 0 aromatic rings. The topological polar surface area (TPSA) is 140 Å². The predicted octanol–water partition coefficient (Wildman–Crippen LogP) is 1.50. The summed E-state index contributed by atoms with van der Waals surface area (Å²) in [6, 6.07) is 0. The van der Waals surface area contributed by atoms with Crippen molar-refractivity contribution < 1.29 is 35.1 Å². The van der Waals surface area contributed by atoms with Crippen LogP contribution in [-0.4, -0.2) is 72.6 Å². The lowest BCUT2D eigenvalue weighted by molar-refractivity contribution is -0.129. The zero-order valence-corrected chi connectivity index (χ0v) is 19.0. The second-order valence-electron chi connectivity index (χ2n) is 6.52. The number of hydrogen-bond acceptors (Lipinski definition) is 6. The molecule has 2 unspecified atom stereocenters. The Balaban J connectivity index is -0.000000525. The van der Waals surface area contributed by atoms with Gasteiger partial charge in [0.25, 0.3) is 0 Å². The van der Waals surface area contributed by atoms with E-state index in [9.17, 15) is 9.90 Å². The van der Waals surface area contributed by atoms with Crippen LogP contribution in [0.5, 0.6) is 0 Å². The number of ether oxygens (including phenoxy) is 2. The van der Waals surface area contributed by atoms with Gasteiger partial charge in [0.15, 0.2) is 6.29 Å². The van der Waals surface area contributed by atoms with E-state index in [2.05, 4.69) is 24.9 Å². The van der Waals surface area contributed by atoms with E-state index in [1.54, 1.807) is 13.2 Å². The summed E-state index contributed by atoms with van der Waals surface area (Å²) in [6.07, 6.45) is 9.61. The number of allylic oxidation sites excluding steroid dienone is 4. The highest BCUT2D eigenvalue weighted by atomic mass is 16.6. The molecular formula is C22H43NO7. The van der Waals surface area contributed by atoms with Crippen LogP contribution in [0.2, 0.25) is 0 Å². The largest absolute Gasteiger partial charge is 0.412 e. The van der Waals surface area contributed by atoms with Crippen LogP contribution >= 0.6 is 0 Å². The van der Waals surface area contributed by atoms with Crippen LogP contribution in [0, 0.1) is 5.92 Å². The summed E-state index contributed by atoms with van der Waals surface area (Å²) >= 11 is 0. The van der Waals surface area contributed by atoms with Crippen LogP contribution in [0.1, 0.15) is 46.5 Å². The Labute approximate surface area is 181 Å². The Morgan fingerprint density at radius 3 is 2.37 bits per heavy atom. The molecule has 0 aromatic carbocycles. The summed E-state index contributed by atoms with van der Waals surface area (Å²) in [5.74, 6) is -0.189. The smallest absolute Gasteiger partial charge is 0.220 e. The molecule has 0 radical (unpaired) electrons. The number of rotatable bonds is 15. The summed E-state index contributed by atoms with van der Waals surface area (Å²) in [5.41, 5.74) is 0.965. The van der Waals surface area contributed by atoms with Gasteiger partial charge >= 0.3 is 0 Å². The summed E-state index contributed by atoms with van der Waals surface area (Å²) in [5, 5.41) is 29.5. The van der Waals surface area contributed by atoms with Gasteiger partial charge in [-0.1, -0.05) is 58.1 Å². The van der Waals surface area contributed by atoms with Gasteiger partial charge in [-0.15, -0.1) is 0 Å². The van der Waals surface area contributed by atoms with Crippen LogP contribution in [0.3, 0.4) is 0 Å². The van der Waals surface area contributed by atoms with Gasteiger partial charge in [-0.3, -0.25) is 4.79 Å². The monoisotopic (exact) mass is 433 g/mol. The number of unbranched alkanes of at least 4 members (excludes halogenated alkanes) is 1. The molecule has 0 fully saturated rings. The second-order valence-corrected chi connectivity index (χ2v) is 6.52. The SMILES string of the molecule is C=C/C(=C\C=C\CCC)C(C)C(O)OCCOC.CCCC(=O)NC[C@@H](O)CO.O. The number of amides is 1. The van der Waals surface area contributed by atoms with Gasteiger partial charge in [-0.05, 0) is 18.4 Å². The third kappa shape index (κ3) is 19.8. The molecule has 0 aliphatic rings. The predicted molar refractivity (Wildman–Crippen MR) is 120 cm³/mol. The van der Waals surface area contributed by atoms with Crippen molar-refractivity contribution in [1.29, 1.82) is 0 Å². The van der Waals surface area contributed by atoms with Gasteiger partial charge in [0.05, 0.1) is 25.9 Å². The average molecular weight is 434 g/mol. The number of carbonyl (C=O) groups is 1. The van der Waals surface area contributed by atoms with Crippen molar-refractivity contribution in [3.63, 3.8) is 0 Å². The fraction of sp³-hybridized carbons (Fsp3) is 0.682. The Hall–Kier alpha value is -1.55. The van der Waals surface area contributed by atoms with Gasteiger partial charge in [0, 0.05) is 26.0 Å². The number of methoxy groups -OCH3 is 1. The van der Waals surface area contributed by atoms with E-state index < -0.39 is 12.4 Å². The molecule has 6 N–H and O–H groups in total. The zero-order valence-electron chi connectivity index (χ0n) is 19.0. The molecule has 0 bridgehead atoms. The highest BCUT2D eigenvalue weighted by molar-refractivity contribution is 5.75. The van der Waals surface area contributed by atoms with Crippen LogP contribution < -0.4 is 5.32 Å². The van der Waals surface area contributed by atoms with Gasteiger partial charge in [0.2, 0.25) is 5.91 Å². The number of hydrogen-bond donors (Lipinski definition) is 4. The van der Waals surface area contributed by atoms with Crippen LogP contribution in [0.25, 0.3) is 0 Å². The van der Waals surface area contributed by atoms with Crippen LogP contribution in [0.15, 0.2) is 36.5 Å². The fourth-order valence-electron chi connectivity index (χ4n) is 2.02. The molecule has 0 rings (SSSR count). The second kappa shape index (κ2) is 23.7. The summed E-state index contributed by atoms with van der Waals surface area (Å²) in [7, 11) is 1.60. The minimum atomic E-state index is -0.837. The lowest BCUT2D eigenvalue weighted by Crippen LogP contribution is -2.33. The zero-order chi connectivity index (χ0) is 22.5. The maximum atomic E-state index is 10.8. The van der Waals surface area contributed by atoms with Crippen LogP contribution in [-0.2, 0) is 14.3 Å². The van der Waals surface area contributed by atoms with Gasteiger partial charge in [0.1, 0.15) is 0 Å². The van der Waals surface area contributed by atoms with E-state index >= 15 is 0 Å². The highest BCUT2D eigenvalue weighted by Crippen LogP contribution is 2.17. The number of nitrogens with one attached hydrogen (secondary N) is 1. The van der Waals surface area contributed by atoms with E-state index in [1.165, 1.54) is 0 Å². The molecule has 0 aliphatic carbocycles. The Bertz CT molecular complexity index is 466. The molecule has 3 atom stereocenters. The molecule has 0 spiro atoms. The Morgan fingerprint density at radius 2 is 1.87 bits per heavy atom. The number of aliphatic hydroxyl groups excluding tert-OH is 3. The third-order valence-corrected chi connectivity index (χ3v) is 3.87. The summed E-state index contributed by atoms with van der Waals surface area (Å²) in [6.45, 7) is 10.4. The first-order chi connectivity index (χ1) is 13.9. The number of carbonyl (C=O) groups excluding carboxylic acids is 1. The van der Waals surface area contributed by atoms with E-state index in [0.717, 1.165) is 24.8 Å². The van der Waals surface area contributed by atoms with Gasteiger partial charge in [-0.2, -0.15) is 0 Å². The van der Waals surface area contributed by atoms with Crippen molar-refractivity contribution in [1.82, 2.24) is 5.32 Å². The molecule has 0 saturated heterocycles. The van der Waals surface area contributed by atoms with E-state index in [0.29, 0.717) is 19.6 Å². The van der Waals surface area contributed by atoms with Crippen LogP contribution in [0.4, 0.5) is 0 Å². The normalized spacial score (nSPS) is 14.2. The Morgan fingerprint density at radius 1 is 1.20 bits per heavy atom. The fourth-order valence-corrected chi connectivity index (χ4v) is 2.02. The molecule has 8 nitrogen and oxygen atoms in total. The van der Waals surface area contributed by atoms with E-state index in [1.807, 2.05) is 26.0 Å². The maximum absolute atomic E-state index is 10.8. The first-order valence-electron chi connectivity index (χ1n) is 10.2. The number of aliphatic hydroxyl groups is 3. The molecule has 0 saturated carbocycles. The van der Waals surface area contributed by atoms with Gasteiger partial charge in [-0.25, -0.2) is 0 Å². The molecule has 0 aliphatic heterocycles. The summed E-state index contributed by atoms with van der Waals surface area (Å²) < 4.78 is 10.1. The standard InChI is InChI=1S/C15H26O3.C7H15NO3.H2O/c1-5-7-8-9-10-14(6-2)13(3)15(16)18-12-11-17-4;1-2-3-7(11)8-4-6(10)5-9;/h6,8-10,13,15-16H,2,5,7,11-12H2,1,3-4H3;6,9-10H,2-5H2,1H3,(H,8,11);1H2/b9-8+,14-10+;;/t;6-;/m.1./s1. The van der Waals surface area contributed by atoms with Crippen molar-refractivity contribution >= 4 is 5.91 Å². The van der Waals surface area contributed by atoms with Crippen molar-refractivity contribution in [2.75, 3.05) is 33.5 Å². The molecule has 178 valence electrons. The average Bonchev–Trinajstić information content (AvgIpc) is 2.72. The lowest BCUT2D eigenvalue weighted by Gasteiger charge is -2.20. The van der Waals surface area contributed by atoms with Crippen molar-refractivity contribution in [3.05, 3.63) is 36.5 Å². The molecule has 8 heteroatoms. The maximum Gasteiger partial charge on any atom is 0.220 e. The minimum Gasteiger partial charge on any atom is -0.412 e. The molecular weight excluding hydrogens is 390 g/mol. The quantitative estimate of drug-likeness (QED) is 0.175. The lowest BCUT2D eigenvalue weighted by atomic mass is 10.00. The molecule has 30 heavy (non-hydrogen) atoms. The third-order valence-electron chi connectivity index (χ3n) is 3.87. The van der Waals surface area contributed by atoms with Gasteiger partial charge < -0.3 is 35.6 Å². The minimum absolute atomic E-state index is 0.